The van der Waals surface area contributed by atoms with E-state index in [1.165, 1.54) is 44.7 Å². The van der Waals surface area contributed by atoms with Crippen LogP contribution < -0.4 is 15.4 Å². The van der Waals surface area contributed by atoms with Gasteiger partial charge in [-0.25, -0.2) is 14.8 Å². The molecule has 212 valence electrons. The number of benzene rings is 1. The maximum absolute atomic E-state index is 12.0. The van der Waals surface area contributed by atoms with Gasteiger partial charge in [-0.2, -0.15) is 15.2 Å². The number of aromatic carboxylic acids is 1. The standard InChI is InChI=1S/C29H33N9O3/c1-37-16-31-25(36-37)21-4-3-5-23(24(21)41-2)34-26-22(27(39)40)13-30-28(35-26)33-20-12-32-38(14-20)15-29-9-17-6-18(10-29)8-19(7-17)11-29/h3-5,12-14,16-19H,6-11,15H2,1-2H3,(H,39,40)(H2,30,33,34,35). The van der Waals surface area contributed by atoms with Crippen LogP contribution in [0, 0.1) is 23.2 Å². The van der Waals surface area contributed by atoms with Gasteiger partial charge in [-0.05, 0) is 73.8 Å². The molecule has 12 nitrogen and oxygen atoms in total. The monoisotopic (exact) mass is 555 g/mol. The molecular weight excluding hydrogens is 522 g/mol. The van der Waals surface area contributed by atoms with Crippen molar-refractivity contribution in [3.05, 3.63) is 48.7 Å². The third-order valence-corrected chi connectivity index (χ3v) is 8.88. The summed E-state index contributed by atoms with van der Waals surface area (Å²) in [5, 5.41) is 25.2. The van der Waals surface area contributed by atoms with E-state index in [0.29, 0.717) is 28.2 Å². The van der Waals surface area contributed by atoms with Crippen LogP contribution in [0.5, 0.6) is 5.75 Å². The van der Waals surface area contributed by atoms with Gasteiger partial charge in [0.1, 0.15) is 11.9 Å². The average Bonchev–Trinajstić information content (AvgIpc) is 3.55. The van der Waals surface area contributed by atoms with Crippen molar-refractivity contribution in [2.24, 2.45) is 30.2 Å². The molecule has 8 rings (SSSR count). The second-order valence-corrected chi connectivity index (χ2v) is 12.0. The number of ether oxygens (including phenoxy) is 1. The SMILES string of the molecule is COc1c(Nc2nc(Nc3cnn(CC45CC6CC(CC(C6)C4)C5)c3)ncc2C(=O)O)cccc1-c1ncn(C)n1. The van der Waals surface area contributed by atoms with Gasteiger partial charge in [-0.1, -0.05) is 6.07 Å². The maximum Gasteiger partial charge on any atom is 0.341 e. The molecule has 0 atom stereocenters. The zero-order valence-corrected chi connectivity index (χ0v) is 23.1. The molecule has 4 aliphatic rings. The number of rotatable bonds is 9. The summed E-state index contributed by atoms with van der Waals surface area (Å²) < 4.78 is 9.32. The molecule has 12 heteroatoms. The molecule has 3 N–H and O–H groups in total. The van der Waals surface area contributed by atoms with Crippen LogP contribution in [0.25, 0.3) is 11.4 Å². The Morgan fingerprint density at radius 1 is 1.10 bits per heavy atom. The summed E-state index contributed by atoms with van der Waals surface area (Å²) in [5.41, 5.74) is 2.23. The number of carboxylic acid groups (broad SMARTS) is 1. The van der Waals surface area contributed by atoms with Crippen LogP contribution in [0.4, 0.5) is 23.1 Å². The fraction of sp³-hybridized carbons (Fsp3) is 0.448. The smallest absolute Gasteiger partial charge is 0.341 e. The van der Waals surface area contributed by atoms with Crippen molar-refractivity contribution in [1.82, 2.24) is 34.5 Å². The summed E-state index contributed by atoms with van der Waals surface area (Å²) in [6, 6.07) is 5.43. The molecule has 4 aromatic rings. The average molecular weight is 556 g/mol. The van der Waals surface area contributed by atoms with Gasteiger partial charge in [0.05, 0.1) is 30.2 Å². The van der Waals surface area contributed by atoms with Crippen LogP contribution in [-0.4, -0.2) is 52.7 Å². The molecule has 0 amide bonds. The van der Waals surface area contributed by atoms with Gasteiger partial charge in [0.15, 0.2) is 17.4 Å². The summed E-state index contributed by atoms with van der Waals surface area (Å²) in [4.78, 5) is 25.1. The van der Waals surface area contributed by atoms with E-state index >= 15 is 0 Å². The molecule has 1 aromatic carbocycles. The normalized spacial score (nSPS) is 24.4. The number of hydrogen-bond donors (Lipinski definition) is 3. The largest absolute Gasteiger partial charge is 0.494 e. The molecule has 0 spiro atoms. The van der Waals surface area contributed by atoms with E-state index in [2.05, 4.69) is 35.8 Å². The van der Waals surface area contributed by atoms with Gasteiger partial charge in [-0.3, -0.25) is 9.36 Å². The van der Waals surface area contributed by atoms with Gasteiger partial charge in [0.2, 0.25) is 5.95 Å². The van der Waals surface area contributed by atoms with E-state index in [1.807, 2.05) is 23.0 Å². The fourth-order valence-corrected chi connectivity index (χ4v) is 7.79. The van der Waals surface area contributed by atoms with E-state index in [4.69, 9.17) is 4.74 Å². The van der Waals surface area contributed by atoms with Crippen LogP contribution in [-0.2, 0) is 13.6 Å². The Balaban J connectivity index is 1.12. The fourth-order valence-electron chi connectivity index (χ4n) is 7.79. The third-order valence-electron chi connectivity index (χ3n) is 8.88. The van der Waals surface area contributed by atoms with E-state index in [-0.39, 0.29) is 17.3 Å². The molecule has 4 bridgehead atoms. The molecule has 0 radical (unpaired) electrons. The Hall–Kier alpha value is -4.48. The molecule has 0 aliphatic heterocycles. The minimum atomic E-state index is -1.15. The van der Waals surface area contributed by atoms with Crippen LogP contribution in [0.2, 0.25) is 0 Å². The predicted molar refractivity (Wildman–Crippen MR) is 151 cm³/mol. The number of carboxylic acids is 1. The first-order chi connectivity index (χ1) is 19.9. The molecule has 3 aromatic heterocycles. The molecule has 0 saturated heterocycles. The highest BCUT2D eigenvalue weighted by molar-refractivity contribution is 5.94. The first-order valence-corrected chi connectivity index (χ1v) is 14.1. The molecular formula is C29H33N9O3. The Bertz CT molecular complexity index is 1580. The van der Waals surface area contributed by atoms with Crippen molar-refractivity contribution < 1.29 is 14.6 Å². The van der Waals surface area contributed by atoms with Gasteiger partial charge in [0, 0.05) is 26.0 Å². The van der Waals surface area contributed by atoms with Crippen molar-refractivity contribution in [3.63, 3.8) is 0 Å². The summed E-state index contributed by atoms with van der Waals surface area (Å²) in [7, 11) is 3.32. The topological polar surface area (TPSA) is 145 Å². The van der Waals surface area contributed by atoms with Crippen molar-refractivity contribution >= 4 is 29.1 Å². The zero-order valence-electron chi connectivity index (χ0n) is 23.1. The summed E-state index contributed by atoms with van der Waals surface area (Å²) >= 11 is 0. The zero-order chi connectivity index (χ0) is 28.1. The Morgan fingerprint density at radius 3 is 2.51 bits per heavy atom. The maximum atomic E-state index is 12.0. The molecule has 4 saturated carbocycles. The highest BCUT2D eigenvalue weighted by Gasteiger charge is 2.51. The lowest BCUT2D eigenvalue weighted by molar-refractivity contribution is -0.0635. The first kappa shape index (κ1) is 25.5. The quantitative estimate of drug-likeness (QED) is 0.261. The number of aromatic nitrogens is 7. The number of nitrogens with zero attached hydrogens (tertiary/aromatic N) is 7. The molecule has 4 aliphatic carbocycles. The van der Waals surface area contributed by atoms with Gasteiger partial charge in [-0.15, -0.1) is 0 Å². The summed E-state index contributed by atoms with van der Waals surface area (Å²) in [6.07, 6.45) is 14.9. The van der Waals surface area contributed by atoms with Crippen LogP contribution >= 0.6 is 0 Å². The molecule has 4 fully saturated rings. The predicted octanol–water partition coefficient (Wildman–Crippen LogP) is 4.88. The third kappa shape index (κ3) is 4.87. The Labute approximate surface area is 237 Å². The highest BCUT2D eigenvalue weighted by atomic mass is 16.5. The number of hydrogen-bond acceptors (Lipinski definition) is 9. The number of para-hydroxylation sites is 1. The second-order valence-electron chi connectivity index (χ2n) is 12.0. The highest BCUT2D eigenvalue weighted by Crippen LogP contribution is 2.60. The van der Waals surface area contributed by atoms with E-state index in [9.17, 15) is 9.90 Å². The van der Waals surface area contributed by atoms with Crippen molar-refractivity contribution in [2.45, 2.75) is 45.1 Å². The van der Waals surface area contributed by atoms with Gasteiger partial charge >= 0.3 is 5.97 Å². The van der Waals surface area contributed by atoms with Gasteiger partial charge in [0.25, 0.3) is 0 Å². The van der Waals surface area contributed by atoms with E-state index in [1.54, 1.807) is 37.4 Å². The Morgan fingerprint density at radius 2 is 1.85 bits per heavy atom. The van der Waals surface area contributed by atoms with Crippen molar-refractivity contribution in [2.75, 3.05) is 17.7 Å². The lowest BCUT2D eigenvalue weighted by Crippen LogP contribution is -2.47. The van der Waals surface area contributed by atoms with Crippen molar-refractivity contribution in [3.8, 4) is 17.1 Å². The molecule has 0 unspecified atom stereocenters. The second kappa shape index (κ2) is 9.86. The number of methoxy groups -OCH3 is 1. The Kier molecular flexibility index (Phi) is 6.13. The van der Waals surface area contributed by atoms with E-state index < -0.39 is 5.97 Å². The number of carbonyl (C=O) groups is 1. The molecule has 3 heterocycles. The minimum absolute atomic E-state index is 0.0727. The molecule has 41 heavy (non-hydrogen) atoms. The lowest BCUT2D eigenvalue weighted by atomic mass is 9.49. The minimum Gasteiger partial charge on any atom is -0.494 e. The number of anilines is 4. The van der Waals surface area contributed by atoms with Gasteiger partial charge < -0.3 is 20.5 Å². The number of nitrogens with one attached hydrogen (secondary N) is 2. The van der Waals surface area contributed by atoms with E-state index in [0.717, 1.165) is 30.0 Å². The lowest BCUT2D eigenvalue weighted by Gasteiger charge is -2.56. The first-order valence-electron chi connectivity index (χ1n) is 14.1. The van der Waals surface area contributed by atoms with Crippen molar-refractivity contribution in [1.29, 1.82) is 0 Å². The summed E-state index contributed by atoms with van der Waals surface area (Å²) in [6.45, 7) is 0.936. The van der Waals surface area contributed by atoms with Crippen LogP contribution in [0.3, 0.4) is 0 Å². The number of aryl methyl sites for hydroxylation is 1. The summed E-state index contributed by atoms with van der Waals surface area (Å²) in [5.74, 6) is 2.86. The van der Waals surface area contributed by atoms with Crippen LogP contribution in [0.15, 0.2) is 43.1 Å². The van der Waals surface area contributed by atoms with Crippen LogP contribution in [0.1, 0.15) is 48.9 Å².